The topological polar surface area (TPSA) is 83.8 Å². The first-order chi connectivity index (χ1) is 12.2. The molecule has 0 saturated carbocycles. The van der Waals surface area contributed by atoms with E-state index in [4.69, 9.17) is 0 Å². The Morgan fingerprint density at radius 2 is 1.96 bits per heavy atom. The number of hydrogen-bond acceptors (Lipinski definition) is 5. The average molecular weight is 375 g/mol. The Bertz CT molecular complexity index is 957. The molecule has 7 nitrogen and oxygen atoms in total. The molecular weight excluding hydrogens is 354 g/mol. The number of anilines is 1. The van der Waals surface area contributed by atoms with Gasteiger partial charge in [-0.05, 0) is 42.7 Å². The molecule has 0 amide bonds. The summed E-state index contributed by atoms with van der Waals surface area (Å²) in [4.78, 5) is 13.0. The maximum absolute atomic E-state index is 12.3. The van der Waals surface area contributed by atoms with Crippen molar-refractivity contribution in [1.82, 2.24) is 4.31 Å². The highest BCUT2D eigenvalue weighted by Gasteiger charge is 2.28. The third kappa shape index (κ3) is 3.30. The number of non-ortho nitro benzene ring substituents is 1. The fourth-order valence-electron chi connectivity index (χ4n) is 3.25. The lowest BCUT2D eigenvalue weighted by Crippen LogP contribution is -2.28. The molecule has 26 heavy (non-hydrogen) atoms. The van der Waals surface area contributed by atoms with Crippen molar-refractivity contribution in [2.75, 3.05) is 19.0 Å². The lowest BCUT2D eigenvalue weighted by Gasteiger charge is -2.25. The molecule has 0 saturated heterocycles. The van der Waals surface area contributed by atoms with Gasteiger partial charge in [0.2, 0.25) is 10.0 Å². The Balaban J connectivity index is 1.90. The van der Waals surface area contributed by atoms with E-state index < -0.39 is 10.0 Å². The second-order valence-corrected chi connectivity index (χ2v) is 8.84. The molecule has 1 aliphatic rings. The first kappa shape index (κ1) is 18.3. The first-order valence-electron chi connectivity index (χ1n) is 8.25. The van der Waals surface area contributed by atoms with E-state index in [1.807, 2.05) is 6.07 Å². The van der Waals surface area contributed by atoms with Crippen molar-refractivity contribution in [2.45, 2.75) is 30.8 Å². The molecule has 1 heterocycles. The molecule has 0 aliphatic carbocycles. The van der Waals surface area contributed by atoms with Crippen molar-refractivity contribution in [2.24, 2.45) is 0 Å². The summed E-state index contributed by atoms with van der Waals surface area (Å²) in [6, 6.07) is 12.0. The first-order valence-corrected chi connectivity index (χ1v) is 9.69. The van der Waals surface area contributed by atoms with E-state index in [0.717, 1.165) is 23.2 Å². The minimum Gasteiger partial charge on any atom is -0.364 e. The van der Waals surface area contributed by atoms with Gasteiger partial charge >= 0.3 is 0 Å². The van der Waals surface area contributed by atoms with Crippen LogP contribution in [0.3, 0.4) is 0 Å². The smallest absolute Gasteiger partial charge is 0.269 e. The summed E-state index contributed by atoms with van der Waals surface area (Å²) in [5.74, 6) is 0. The Morgan fingerprint density at radius 3 is 2.62 bits per heavy atom. The number of benzene rings is 2. The van der Waals surface area contributed by atoms with E-state index in [-0.39, 0.29) is 21.5 Å². The maximum Gasteiger partial charge on any atom is 0.269 e. The molecule has 0 fully saturated rings. The van der Waals surface area contributed by atoms with Gasteiger partial charge in [-0.25, -0.2) is 12.7 Å². The SMILES string of the molecule is CC1Cc2cc([N+](=O)[O-])ccc2N1Cc1cccc(S(=O)(=O)N(C)C)c1. The van der Waals surface area contributed by atoms with Crippen LogP contribution in [0.15, 0.2) is 47.4 Å². The van der Waals surface area contributed by atoms with Crippen LogP contribution in [0.5, 0.6) is 0 Å². The fourth-order valence-corrected chi connectivity index (χ4v) is 4.22. The van der Waals surface area contributed by atoms with Gasteiger partial charge in [0.05, 0.1) is 9.82 Å². The Kier molecular flexibility index (Phi) is 4.72. The normalized spacial score (nSPS) is 16.8. The van der Waals surface area contributed by atoms with Crippen molar-refractivity contribution < 1.29 is 13.3 Å². The van der Waals surface area contributed by atoms with Crippen LogP contribution < -0.4 is 4.90 Å². The van der Waals surface area contributed by atoms with Gasteiger partial charge in [-0.3, -0.25) is 10.1 Å². The summed E-state index contributed by atoms with van der Waals surface area (Å²) in [5, 5.41) is 11.0. The molecule has 8 heteroatoms. The highest BCUT2D eigenvalue weighted by atomic mass is 32.2. The lowest BCUT2D eigenvalue weighted by atomic mass is 10.1. The number of sulfonamides is 1. The minimum absolute atomic E-state index is 0.0943. The number of nitro benzene ring substituents is 1. The summed E-state index contributed by atoms with van der Waals surface area (Å²) < 4.78 is 25.9. The summed E-state index contributed by atoms with van der Waals surface area (Å²) in [7, 11) is -0.467. The van der Waals surface area contributed by atoms with E-state index >= 15 is 0 Å². The van der Waals surface area contributed by atoms with Crippen molar-refractivity contribution in [3.63, 3.8) is 0 Å². The Labute approximate surface area is 153 Å². The van der Waals surface area contributed by atoms with Crippen molar-refractivity contribution in [1.29, 1.82) is 0 Å². The van der Waals surface area contributed by atoms with Crippen LogP contribution in [-0.4, -0.2) is 37.8 Å². The third-order valence-corrected chi connectivity index (χ3v) is 6.47. The van der Waals surface area contributed by atoms with Crippen LogP contribution in [0.1, 0.15) is 18.1 Å². The number of rotatable bonds is 5. The molecule has 2 aromatic rings. The summed E-state index contributed by atoms with van der Waals surface area (Å²) in [5.41, 5.74) is 2.88. The predicted molar refractivity (Wildman–Crippen MR) is 99.8 cm³/mol. The fraction of sp³-hybridized carbons (Fsp3) is 0.333. The van der Waals surface area contributed by atoms with Gasteiger partial charge in [-0.2, -0.15) is 0 Å². The molecule has 1 unspecified atom stereocenters. The zero-order chi connectivity index (χ0) is 19.1. The summed E-state index contributed by atoms with van der Waals surface area (Å²) >= 11 is 0. The maximum atomic E-state index is 12.3. The molecule has 0 N–H and O–H groups in total. The highest BCUT2D eigenvalue weighted by molar-refractivity contribution is 7.89. The van der Waals surface area contributed by atoms with Crippen molar-refractivity contribution in [3.8, 4) is 0 Å². The zero-order valence-corrected chi connectivity index (χ0v) is 15.7. The average Bonchev–Trinajstić information content (AvgIpc) is 2.89. The molecule has 0 bridgehead atoms. The molecule has 0 spiro atoms. The third-order valence-electron chi connectivity index (χ3n) is 4.66. The molecule has 3 rings (SSSR count). The van der Waals surface area contributed by atoms with Gasteiger partial charge in [0, 0.05) is 44.5 Å². The van der Waals surface area contributed by atoms with Gasteiger partial charge < -0.3 is 4.90 Å². The van der Waals surface area contributed by atoms with Gasteiger partial charge in [0.25, 0.3) is 5.69 Å². The van der Waals surface area contributed by atoms with E-state index in [1.54, 1.807) is 30.3 Å². The van der Waals surface area contributed by atoms with Gasteiger partial charge in [-0.1, -0.05) is 12.1 Å². The van der Waals surface area contributed by atoms with Crippen LogP contribution >= 0.6 is 0 Å². The molecule has 138 valence electrons. The van der Waals surface area contributed by atoms with Crippen molar-refractivity contribution in [3.05, 3.63) is 63.7 Å². The van der Waals surface area contributed by atoms with E-state index in [2.05, 4.69) is 11.8 Å². The molecular formula is C18H21N3O4S. The predicted octanol–water partition coefficient (Wildman–Crippen LogP) is 2.80. The lowest BCUT2D eigenvalue weighted by molar-refractivity contribution is -0.384. The largest absolute Gasteiger partial charge is 0.364 e. The van der Waals surface area contributed by atoms with Crippen molar-refractivity contribution >= 4 is 21.4 Å². The Hall–Kier alpha value is -2.45. The van der Waals surface area contributed by atoms with E-state index in [1.165, 1.54) is 24.5 Å². The Morgan fingerprint density at radius 1 is 1.23 bits per heavy atom. The summed E-state index contributed by atoms with van der Waals surface area (Å²) in [6.07, 6.45) is 0.729. The van der Waals surface area contributed by atoms with Gasteiger partial charge in [0.15, 0.2) is 0 Å². The molecule has 1 aliphatic heterocycles. The highest BCUT2D eigenvalue weighted by Crippen LogP contribution is 2.35. The molecule has 2 aromatic carbocycles. The van der Waals surface area contributed by atoms with Crippen LogP contribution in [0.25, 0.3) is 0 Å². The molecule has 0 aromatic heterocycles. The monoisotopic (exact) mass is 375 g/mol. The van der Waals surface area contributed by atoms with Crippen LogP contribution in [0, 0.1) is 10.1 Å². The van der Waals surface area contributed by atoms with Gasteiger partial charge in [-0.15, -0.1) is 0 Å². The molecule has 1 atom stereocenters. The zero-order valence-electron chi connectivity index (χ0n) is 14.9. The van der Waals surface area contributed by atoms with Crippen LogP contribution in [0.2, 0.25) is 0 Å². The molecule has 0 radical (unpaired) electrons. The number of nitro groups is 1. The minimum atomic E-state index is -3.48. The summed E-state index contributed by atoms with van der Waals surface area (Å²) in [6.45, 7) is 2.61. The number of fused-ring (bicyclic) bond motifs is 1. The second kappa shape index (κ2) is 6.69. The van der Waals surface area contributed by atoms with Gasteiger partial charge in [0.1, 0.15) is 0 Å². The second-order valence-electron chi connectivity index (χ2n) is 6.69. The number of hydrogen-bond donors (Lipinski definition) is 0. The number of nitrogens with zero attached hydrogens (tertiary/aromatic N) is 3. The van der Waals surface area contributed by atoms with E-state index in [9.17, 15) is 18.5 Å². The standard InChI is InChI=1S/C18H21N3O4S/c1-13-9-15-11-16(21(22)23)7-8-18(15)20(13)12-14-5-4-6-17(10-14)26(24,25)19(2)3/h4-8,10-11,13H,9,12H2,1-3H3. The van der Waals surface area contributed by atoms with Crippen LogP contribution in [-0.2, 0) is 23.0 Å². The quantitative estimate of drug-likeness (QED) is 0.593. The van der Waals surface area contributed by atoms with E-state index in [0.29, 0.717) is 6.54 Å². The van der Waals surface area contributed by atoms with Crippen LogP contribution in [0.4, 0.5) is 11.4 Å².